The van der Waals surface area contributed by atoms with Crippen molar-refractivity contribution < 1.29 is 23.4 Å². The lowest BCUT2D eigenvalue weighted by Crippen LogP contribution is -2.37. The highest BCUT2D eigenvalue weighted by Crippen LogP contribution is 2.29. The Hall–Kier alpha value is -1.65. The largest absolute Gasteiger partial charge is 0.478 e. The molecule has 0 unspecified atom stereocenters. The van der Waals surface area contributed by atoms with Crippen molar-refractivity contribution in [2.75, 3.05) is 0 Å². The maximum absolute atomic E-state index is 12.9. The first-order valence-corrected chi connectivity index (χ1v) is 5.04. The van der Waals surface area contributed by atoms with Crippen molar-refractivity contribution in [2.45, 2.75) is 32.3 Å². The zero-order valence-electron chi connectivity index (χ0n) is 9.83. The Labute approximate surface area is 98.0 Å². The average Bonchev–Trinajstić information content (AvgIpc) is 2.16. The van der Waals surface area contributed by atoms with Crippen molar-refractivity contribution in [3.8, 4) is 5.75 Å². The minimum atomic E-state index is -2.92. The van der Waals surface area contributed by atoms with Gasteiger partial charge >= 0.3 is 5.97 Å². The number of aliphatic carboxylic acids is 1. The summed E-state index contributed by atoms with van der Waals surface area (Å²) in [5.41, 5.74) is -1.53. The number of rotatable bonds is 4. The molecule has 1 N–H and O–H groups in total. The molecule has 0 saturated carbocycles. The molecular formula is C12H14F2O3. The van der Waals surface area contributed by atoms with Gasteiger partial charge in [0.25, 0.3) is 5.92 Å². The lowest BCUT2D eigenvalue weighted by atomic mass is 10.1. The van der Waals surface area contributed by atoms with Gasteiger partial charge in [-0.15, -0.1) is 0 Å². The van der Waals surface area contributed by atoms with Crippen LogP contribution in [0.2, 0.25) is 0 Å². The van der Waals surface area contributed by atoms with Crippen LogP contribution in [0.5, 0.6) is 5.75 Å². The molecule has 0 atom stereocenters. The normalized spacial score (nSPS) is 12.3. The quantitative estimate of drug-likeness (QED) is 0.885. The van der Waals surface area contributed by atoms with E-state index >= 15 is 0 Å². The van der Waals surface area contributed by atoms with E-state index in [9.17, 15) is 13.6 Å². The van der Waals surface area contributed by atoms with Crippen LogP contribution >= 0.6 is 0 Å². The van der Waals surface area contributed by atoms with Crippen LogP contribution in [0.4, 0.5) is 8.78 Å². The van der Waals surface area contributed by atoms with Crippen LogP contribution in [-0.4, -0.2) is 16.7 Å². The van der Waals surface area contributed by atoms with Crippen LogP contribution in [-0.2, 0) is 10.7 Å². The molecular weight excluding hydrogens is 230 g/mol. The average molecular weight is 244 g/mol. The molecule has 0 spiro atoms. The first-order chi connectivity index (χ1) is 7.63. The minimum absolute atomic E-state index is 0.141. The highest BCUT2D eigenvalue weighted by atomic mass is 19.3. The van der Waals surface area contributed by atoms with E-state index in [-0.39, 0.29) is 11.3 Å². The van der Waals surface area contributed by atoms with Crippen molar-refractivity contribution in [1.82, 2.24) is 0 Å². The van der Waals surface area contributed by atoms with Crippen LogP contribution in [0.25, 0.3) is 0 Å². The molecule has 0 fully saturated rings. The van der Waals surface area contributed by atoms with E-state index in [0.717, 1.165) is 6.92 Å². The van der Waals surface area contributed by atoms with Gasteiger partial charge in [0.2, 0.25) is 0 Å². The third-order valence-electron chi connectivity index (χ3n) is 2.25. The Bertz CT molecular complexity index is 405. The van der Waals surface area contributed by atoms with Crippen LogP contribution in [0, 0.1) is 0 Å². The lowest BCUT2D eigenvalue weighted by molar-refractivity contribution is -0.152. The topological polar surface area (TPSA) is 46.5 Å². The van der Waals surface area contributed by atoms with E-state index in [1.165, 1.54) is 38.1 Å². The fraction of sp³-hybridized carbons (Fsp3) is 0.417. The summed E-state index contributed by atoms with van der Waals surface area (Å²) in [6.45, 7) is 3.57. The molecule has 17 heavy (non-hydrogen) atoms. The Morgan fingerprint density at radius 2 is 1.65 bits per heavy atom. The fourth-order valence-electron chi connectivity index (χ4n) is 1.15. The molecule has 1 aromatic rings. The van der Waals surface area contributed by atoms with Gasteiger partial charge in [0.05, 0.1) is 0 Å². The Morgan fingerprint density at radius 1 is 1.18 bits per heavy atom. The van der Waals surface area contributed by atoms with Crippen molar-refractivity contribution in [2.24, 2.45) is 0 Å². The fourth-order valence-corrected chi connectivity index (χ4v) is 1.15. The molecule has 0 radical (unpaired) electrons. The number of carboxylic acids is 1. The second-order valence-electron chi connectivity index (χ2n) is 4.33. The monoisotopic (exact) mass is 244 g/mol. The predicted octanol–water partition coefficient (Wildman–Crippen LogP) is 3.04. The lowest BCUT2D eigenvalue weighted by Gasteiger charge is -2.21. The SMILES string of the molecule is CC(C)(Oc1ccc(C(C)(F)F)cc1)C(=O)O. The number of carbonyl (C=O) groups is 1. The summed E-state index contributed by atoms with van der Waals surface area (Å²) in [6, 6.07) is 5.09. The smallest absolute Gasteiger partial charge is 0.347 e. The second kappa shape index (κ2) is 4.31. The van der Waals surface area contributed by atoms with Gasteiger partial charge in [-0.1, -0.05) is 0 Å². The molecule has 0 bridgehead atoms. The van der Waals surface area contributed by atoms with Crippen LogP contribution in [0.3, 0.4) is 0 Å². The zero-order valence-corrected chi connectivity index (χ0v) is 9.83. The standard InChI is InChI=1S/C12H14F2O3/c1-11(2,10(15)16)17-9-6-4-8(5-7-9)12(3,13)14/h4-7H,1-3H3,(H,15,16). The third-order valence-corrected chi connectivity index (χ3v) is 2.25. The highest BCUT2D eigenvalue weighted by Gasteiger charge is 2.30. The van der Waals surface area contributed by atoms with E-state index < -0.39 is 17.5 Å². The predicted molar refractivity (Wildman–Crippen MR) is 58.4 cm³/mol. The molecule has 0 aliphatic heterocycles. The number of halogens is 2. The molecule has 0 saturated heterocycles. The third kappa shape index (κ3) is 3.41. The summed E-state index contributed by atoms with van der Waals surface area (Å²) < 4.78 is 31.0. The Kier molecular flexibility index (Phi) is 3.40. The Balaban J connectivity index is 2.86. The first kappa shape index (κ1) is 13.4. The van der Waals surface area contributed by atoms with Gasteiger partial charge in [-0.2, -0.15) is 0 Å². The van der Waals surface area contributed by atoms with Gasteiger partial charge in [-0.3, -0.25) is 0 Å². The minimum Gasteiger partial charge on any atom is -0.478 e. The summed E-state index contributed by atoms with van der Waals surface area (Å²) in [6.07, 6.45) is 0. The maximum Gasteiger partial charge on any atom is 0.347 e. The molecule has 0 heterocycles. The van der Waals surface area contributed by atoms with E-state index in [4.69, 9.17) is 9.84 Å². The molecule has 3 nitrogen and oxygen atoms in total. The molecule has 1 rings (SSSR count). The molecule has 0 amide bonds. The number of hydrogen-bond donors (Lipinski definition) is 1. The van der Waals surface area contributed by atoms with Gasteiger partial charge in [0.15, 0.2) is 5.60 Å². The van der Waals surface area contributed by atoms with Crippen molar-refractivity contribution in [3.63, 3.8) is 0 Å². The van der Waals surface area contributed by atoms with Crippen LogP contribution < -0.4 is 4.74 Å². The molecule has 1 aromatic carbocycles. The van der Waals surface area contributed by atoms with Gasteiger partial charge in [-0.05, 0) is 38.1 Å². The van der Waals surface area contributed by atoms with Gasteiger partial charge in [0.1, 0.15) is 5.75 Å². The summed E-state index contributed by atoms with van der Waals surface area (Å²) in [5, 5.41) is 8.84. The van der Waals surface area contributed by atoms with Gasteiger partial charge in [-0.25, -0.2) is 13.6 Å². The Morgan fingerprint density at radius 3 is 2.00 bits per heavy atom. The van der Waals surface area contributed by atoms with Crippen LogP contribution in [0.15, 0.2) is 24.3 Å². The van der Waals surface area contributed by atoms with E-state index in [1.54, 1.807) is 0 Å². The summed E-state index contributed by atoms with van der Waals surface area (Å²) in [7, 11) is 0. The molecule has 0 aromatic heterocycles. The van der Waals surface area contributed by atoms with Crippen molar-refractivity contribution in [3.05, 3.63) is 29.8 Å². The molecule has 0 aliphatic rings. The van der Waals surface area contributed by atoms with Crippen molar-refractivity contribution in [1.29, 1.82) is 0 Å². The van der Waals surface area contributed by atoms with Crippen molar-refractivity contribution >= 4 is 5.97 Å². The molecule has 5 heteroatoms. The zero-order chi connectivity index (χ0) is 13.3. The van der Waals surface area contributed by atoms with E-state index in [1.807, 2.05) is 0 Å². The summed E-state index contributed by atoms with van der Waals surface area (Å²) in [5.74, 6) is -3.80. The number of ether oxygens (including phenoxy) is 1. The van der Waals surface area contributed by atoms with Gasteiger partial charge < -0.3 is 9.84 Å². The van der Waals surface area contributed by atoms with E-state index in [0.29, 0.717) is 0 Å². The number of carboxylic acid groups (broad SMARTS) is 1. The summed E-state index contributed by atoms with van der Waals surface area (Å²) in [4.78, 5) is 10.8. The first-order valence-electron chi connectivity index (χ1n) is 5.04. The van der Waals surface area contributed by atoms with Gasteiger partial charge in [0, 0.05) is 12.5 Å². The maximum atomic E-state index is 12.9. The molecule has 0 aliphatic carbocycles. The number of hydrogen-bond acceptors (Lipinski definition) is 2. The van der Waals surface area contributed by atoms with E-state index in [2.05, 4.69) is 0 Å². The number of alkyl halides is 2. The second-order valence-corrected chi connectivity index (χ2v) is 4.33. The summed E-state index contributed by atoms with van der Waals surface area (Å²) >= 11 is 0. The van der Waals surface area contributed by atoms with Crippen LogP contribution in [0.1, 0.15) is 26.3 Å². The molecule has 94 valence electrons. The highest BCUT2D eigenvalue weighted by molar-refractivity contribution is 5.76. The number of benzene rings is 1.